The SMILES string of the molecule is C[C@H](N)CCCc1cc(Cl)c(F)c(-c2cc3cn(-c4ccc([C@@H]5CCC[C@@H](CCNC(=N)CF)N5C)cc4)c(=O)nc3[nH]2)c1. The van der Waals surface area contributed by atoms with E-state index in [4.69, 9.17) is 22.7 Å². The van der Waals surface area contributed by atoms with Crippen LogP contribution in [0.1, 0.15) is 62.6 Å². The molecule has 44 heavy (non-hydrogen) atoms. The third-order valence-electron chi connectivity index (χ3n) is 8.60. The van der Waals surface area contributed by atoms with Crippen LogP contribution in [0.4, 0.5) is 8.78 Å². The zero-order chi connectivity index (χ0) is 31.4. The number of piperidine rings is 1. The Labute approximate surface area is 261 Å². The summed E-state index contributed by atoms with van der Waals surface area (Å²) in [6.07, 6.45) is 8.18. The van der Waals surface area contributed by atoms with Crippen molar-refractivity contribution in [1.29, 1.82) is 5.41 Å². The number of aryl methyl sites for hydroxylation is 1. The minimum absolute atomic E-state index is 0.0495. The Kier molecular flexibility index (Phi) is 10.1. The van der Waals surface area contributed by atoms with Gasteiger partial charge in [0.05, 0.1) is 16.4 Å². The second kappa shape index (κ2) is 14.0. The third kappa shape index (κ3) is 7.20. The summed E-state index contributed by atoms with van der Waals surface area (Å²) in [6, 6.07) is 13.8. The number of rotatable bonds is 11. The Morgan fingerprint density at radius 2 is 2.02 bits per heavy atom. The number of nitrogens with two attached hydrogens (primary N) is 1. The molecule has 0 bridgehead atoms. The second-order valence-electron chi connectivity index (χ2n) is 11.9. The van der Waals surface area contributed by atoms with Gasteiger partial charge in [0, 0.05) is 41.8 Å². The standard InChI is InChI=1S/C33H40ClF2N7O/c1-20(37)5-3-6-21-15-26(31(36)27(34)16-21)28-17-23-19-43(33(44)41-32(23)40-28)25-11-9-22(10-12-25)29-8-4-7-24(42(29)2)13-14-39-30(38)18-35/h9-12,15-17,19-20,24,29H,3-8,13-14,18,37H2,1-2H3,(H2,38,39)(H,40,41,44)/t20-,24-,29-/m0/s1. The van der Waals surface area contributed by atoms with Crippen LogP contribution in [0.25, 0.3) is 28.0 Å². The molecule has 0 unspecified atom stereocenters. The highest BCUT2D eigenvalue weighted by molar-refractivity contribution is 6.31. The summed E-state index contributed by atoms with van der Waals surface area (Å²) in [4.78, 5) is 22.8. The lowest BCUT2D eigenvalue weighted by Gasteiger charge is -2.40. The molecular weight excluding hydrogens is 584 g/mol. The lowest BCUT2D eigenvalue weighted by atomic mass is 9.90. The predicted octanol–water partition coefficient (Wildman–Crippen LogP) is 6.30. The van der Waals surface area contributed by atoms with Crippen molar-refractivity contribution in [3.05, 3.63) is 81.1 Å². The van der Waals surface area contributed by atoms with Crippen LogP contribution in [-0.2, 0) is 6.42 Å². The van der Waals surface area contributed by atoms with E-state index in [1.54, 1.807) is 24.4 Å². The van der Waals surface area contributed by atoms with Gasteiger partial charge in [0.15, 0.2) is 5.82 Å². The molecule has 4 aromatic rings. The van der Waals surface area contributed by atoms with Gasteiger partial charge in [0.25, 0.3) is 0 Å². The molecule has 8 nitrogen and oxygen atoms in total. The first-order chi connectivity index (χ1) is 21.1. The van der Waals surface area contributed by atoms with E-state index in [1.807, 2.05) is 31.2 Å². The maximum atomic E-state index is 15.1. The van der Waals surface area contributed by atoms with E-state index in [0.717, 1.165) is 56.1 Å². The summed E-state index contributed by atoms with van der Waals surface area (Å²) < 4.78 is 29.2. The van der Waals surface area contributed by atoms with Gasteiger partial charge >= 0.3 is 5.69 Å². The van der Waals surface area contributed by atoms with E-state index in [0.29, 0.717) is 40.6 Å². The molecule has 5 rings (SSSR count). The number of likely N-dealkylation sites (tertiary alicyclic amines) is 1. The second-order valence-corrected chi connectivity index (χ2v) is 12.3. The zero-order valence-electron chi connectivity index (χ0n) is 25.2. The Morgan fingerprint density at radius 3 is 2.75 bits per heavy atom. The molecule has 234 valence electrons. The maximum Gasteiger partial charge on any atom is 0.354 e. The zero-order valence-corrected chi connectivity index (χ0v) is 25.9. The number of hydrogen-bond donors (Lipinski definition) is 4. The first-order valence-electron chi connectivity index (χ1n) is 15.2. The molecule has 0 amide bonds. The van der Waals surface area contributed by atoms with Crippen molar-refractivity contribution in [3.63, 3.8) is 0 Å². The molecule has 3 atom stereocenters. The largest absolute Gasteiger partial charge is 0.372 e. The summed E-state index contributed by atoms with van der Waals surface area (Å²) in [6.45, 7) is 1.76. The van der Waals surface area contributed by atoms with Crippen LogP contribution < -0.4 is 16.7 Å². The summed E-state index contributed by atoms with van der Waals surface area (Å²) >= 11 is 6.26. The lowest BCUT2D eigenvalue weighted by Crippen LogP contribution is -2.41. The number of aromatic amines is 1. The molecule has 5 N–H and O–H groups in total. The van der Waals surface area contributed by atoms with Gasteiger partial charge in [-0.3, -0.25) is 14.9 Å². The number of H-pyrrole nitrogens is 1. The average molecular weight is 624 g/mol. The topological polar surface area (TPSA) is 116 Å². The fraction of sp³-hybridized carbons (Fsp3) is 0.424. The molecule has 0 aliphatic carbocycles. The molecule has 2 aromatic carbocycles. The van der Waals surface area contributed by atoms with Crippen molar-refractivity contribution >= 4 is 28.5 Å². The van der Waals surface area contributed by atoms with Crippen LogP contribution >= 0.6 is 11.6 Å². The van der Waals surface area contributed by atoms with Crippen molar-refractivity contribution < 1.29 is 8.78 Å². The van der Waals surface area contributed by atoms with Crippen LogP contribution in [0.2, 0.25) is 5.02 Å². The van der Waals surface area contributed by atoms with Gasteiger partial charge in [-0.05, 0) is 100 Å². The van der Waals surface area contributed by atoms with E-state index in [2.05, 4.69) is 27.2 Å². The van der Waals surface area contributed by atoms with Gasteiger partial charge < -0.3 is 16.0 Å². The molecule has 3 heterocycles. The molecule has 0 radical (unpaired) electrons. The number of halogens is 3. The van der Waals surface area contributed by atoms with Crippen LogP contribution in [0.15, 0.2) is 53.5 Å². The summed E-state index contributed by atoms with van der Waals surface area (Å²) in [5.41, 5.74) is 9.41. The minimum atomic E-state index is -0.775. The first-order valence-corrected chi connectivity index (χ1v) is 15.6. The smallest absolute Gasteiger partial charge is 0.354 e. The Morgan fingerprint density at radius 1 is 1.25 bits per heavy atom. The predicted molar refractivity (Wildman–Crippen MR) is 173 cm³/mol. The number of nitrogens with one attached hydrogen (secondary N) is 3. The summed E-state index contributed by atoms with van der Waals surface area (Å²) in [7, 11) is 2.11. The van der Waals surface area contributed by atoms with Crippen molar-refractivity contribution in [3.8, 4) is 16.9 Å². The van der Waals surface area contributed by atoms with Gasteiger partial charge in [-0.15, -0.1) is 0 Å². The molecule has 11 heteroatoms. The number of amidine groups is 1. The third-order valence-corrected chi connectivity index (χ3v) is 8.87. The molecule has 1 saturated heterocycles. The molecular formula is C33H40ClF2N7O. The number of alkyl halides is 1. The fourth-order valence-corrected chi connectivity index (χ4v) is 6.43. The van der Waals surface area contributed by atoms with E-state index in [9.17, 15) is 9.18 Å². The molecule has 0 spiro atoms. The Hall–Kier alpha value is -3.60. The van der Waals surface area contributed by atoms with E-state index < -0.39 is 18.2 Å². The minimum Gasteiger partial charge on any atom is -0.372 e. The molecule has 0 saturated carbocycles. The van der Waals surface area contributed by atoms with E-state index >= 15 is 4.39 Å². The Balaban J connectivity index is 1.35. The summed E-state index contributed by atoms with van der Waals surface area (Å²) in [5.74, 6) is -0.602. The average Bonchev–Trinajstić information content (AvgIpc) is 3.41. The number of hydrogen-bond acceptors (Lipinski definition) is 5. The molecule has 2 aromatic heterocycles. The quantitative estimate of drug-likeness (QED) is 0.116. The van der Waals surface area contributed by atoms with Crippen molar-refractivity contribution in [2.75, 3.05) is 20.3 Å². The number of benzene rings is 2. The van der Waals surface area contributed by atoms with Gasteiger partial charge in [-0.1, -0.05) is 23.7 Å². The van der Waals surface area contributed by atoms with E-state index in [1.165, 1.54) is 4.57 Å². The lowest BCUT2D eigenvalue weighted by molar-refractivity contribution is 0.109. The normalized spacial score (nSPS) is 18.0. The number of nitrogens with zero attached hydrogens (tertiary/aromatic N) is 3. The molecule has 1 aliphatic rings. The maximum absolute atomic E-state index is 15.1. The fourth-order valence-electron chi connectivity index (χ4n) is 6.19. The highest BCUT2D eigenvalue weighted by atomic mass is 35.5. The highest BCUT2D eigenvalue weighted by Crippen LogP contribution is 2.35. The molecule has 1 fully saturated rings. The molecule has 1 aliphatic heterocycles. The number of fused-ring (bicyclic) bond motifs is 1. The van der Waals surface area contributed by atoms with Gasteiger partial charge in [-0.25, -0.2) is 13.6 Å². The monoisotopic (exact) mass is 623 g/mol. The van der Waals surface area contributed by atoms with Crippen molar-refractivity contribution in [2.45, 2.75) is 70.0 Å². The van der Waals surface area contributed by atoms with Crippen LogP contribution in [0.3, 0.4) is 0 Å². The van der Waals surface area contributed by atoms with Gasteiger partial charge in [-0.2, -0.15) is 4.98 Å². The van der Waals surface area contributed by atoms with Crippen molar-refractivity contribution in [2.24, 2.45) is 5.73 Å². The van der Waals surface area contributed by atoms with Crippen LogP contribution in [0, 0.1) is 11.2 Å². The van der Waals surface area contributed by atoms with Crippen LogP contribution in [0.5, 0.6) is 0 Å². The van der Waals surface area contributed by atoms with Crippen molar-refractivity contribution in [1.82, 2.24) is 24.8 Å². The van der Waals surface area contributed by atoms with Crippen LogP contribution in [-0.4, -0.2) is 57.6 Å². The number of aromatic nitrogens is 3. The van der Waals surface area contributed by atoms with Gasteiger partial charge in [0.1, 0.15) is 18.2 Å². The van der Waals surface area contributed by atoms with Gasteiger partial charge in [0.2, 0.25) is 0 Å². The van der Waals surface area contributed by atoms with E-state index in [-0.39, 0.29) is 22.9 Å². The first kappa shape index (κ1) is 31.8. The Bertz CT molecular complexity index is 1670. The highest BCUT2D eigenvalue weighted by Gasteiger charge is 2.28. The summed E-state index contributed by atoms with van der Waals surface area (Å²) in [5, 5.41) is 11.0.